The topological polar surface area (TPSA) is 118 Å². The standard InChI is InChI=1S/C21H18N2O6S/c1-2-28-21(25)29-17-11-22-19-18(17)15-10-14(8-9-16(15)23-20(19)24)30(26,27)12-13-6-4-3-5-7-13/h3-11,22H,2,12H2,1H3,(H,23,24). The first-order chi connectivity index (χ1) is 14.4. The highest BCUT2D eigenvalue weighted by Crippen LogP contribution is 2.32. The van der Waals surface area contributed by atoms with E-state index in [0.717, 1.165) is 0 Å². The van der Waals surface area contributed by atoms with Gasteiger partial charge in [-0.1, -0.05) is 30.3 Å². The van der Waals surface area contributed by atoms with Crippen molar-refractivity contribution in [3.8, 4) is 5.75 Å². The van der Waals surface area contributed by atoms with E-state index in [1.54, 1.807) is 31.2 Å². The molecule has 9 heteroatoms. The van der Waals surface area contributed by atoms with E-state index < -0.39 is 21.6 Å². The summed E-state index contributed by atoms with van der Waals surface area (Å²) in [5, 5.41) is 0.734. The number of H-pyrrole nitrogens is 2. The number of sulfone groups is 1. The van der Waals surface area contributed by atoms with Gasteiger partial charge in [0, 0.05) is 17.1 Å². The van der Waals surface area contributed by atoms with Crippen LogP contribution >= 0.6 is 0 Å². The van der Waals surface area contributed by atoms with Crippen LogP contribution in [-0.4, -0.2) is 31.1 Å². The van der Waals surface area contributed by atoms with Crippen LogP contribution in [-0.2, 0) is 20.3 Å². The molecule has 2 N–H and O–H groups in total. The normalized spacial score (nSPS) is 11.6. The van der Waals surface area contributed by atoms with E-state index in [9.17, 15) is 18.0 Å². The van der Waals surface area contributed by atoms with E-state index in [0.29, 0.717) is 21.9 Å². The fraction of sp³-hybridized carbons (Fsp3) is 0.143. The molecule has 154 valence electrons. The Labute approximate surface area is 171 Å². The third-order valence-electron chi connectivity index (χ3n) is 4.59. The smallest absolute Gasteiger partial charge is 0.434 e. The average molecular weight is 426 g/mol. The van der Waals surface area contributed by atoms with E-state index >= 15 is 0 Å². The lowest BCUT2D eigenvalue weighted by molar-refractivity contribution is 0.105. The molecule has 0 aliphatic heterocycles. The largest absolute Gasteiger partial charge is 0.513 e. The number of ether oxygens (including phenoxy) is 2. The molecule has 0 radical (unpaired) electrons. The lowest BCUT2D eigenvalue weighted by Crippen LogP contribution is -2.11. The van der Waals surface area contributed by atoms with Crippen molar-refractivity contribution in [3.05, 3.63) is 70.6 Å². The number of benzene rings is 2. The van der Waals surface area contributed by atoms with Crippen molar-refractivity contribution in [3.63, 3.8) is 0 Å². The first-order valence-corrected chi connectivity index (χ1v) is 10.8. The summed E-state index contributed by atoms with van der Waals surface area (Å²) in [6.45, 7) is 1.77. The number of carbonyl (C=O) groups excluding carboxylic acids is 1. The monoisotopic (exact) mass is 426 g/mol. The quantitative estimate of drug-likeness (QED) is 0.472. The van der Waals surface area contributed by atoms with Gasteiger partial charge in [0.1, 0.15) is 5.52 Å². The summed E-state index contributed by atoms with van der Waals surface area (Å²) >= 11 is 0. The van der Waals surface area contributed by atoms with Gasteiger partial charge >= 0.3 is 6.16 Å². The zero-order chi connectivity index (χ0) is 21.3. The van der Waals surface area contributed by atoms with Crippen molar-refractivity contribution < 1.29 is 22.7 Å². The van der Waals surface area contributed by atoms with E-state index in [-0.39, 0.29) is 28.5 Å². The van der Waals surface area contributed by atoms with Crippen LogP contribution in [0.4, 0.5) is 4.79 Å². The number of fused-ring (bicyclic) bond motifs is 3. The second-order valence-corrected chi connectivity index (χ2v) is 8.58. The van der Waals surface area contributed by atoms with E-state index in [1.165, 1.54) is 24.4 Å². The Morgan fingerprint density at radius 2 is 1.87 bits per heavy atom. The average Bonchev–Trinajstić information content (AvgIpc) is 3.13. The Morgan fingerprint density at radius 1 is 1.10 bits per heavy atom. The van der Waals surface area contributed by atoms with Gasteiger partial charge in [-0.15, -0.1) is 0 Å². The van der Waals surface area contributed by atoms with Gasteiger partial charge in [-0.2, -0.15) is 0 Å². The molecule has 30 heavy (non-hydrogen) atoms. The van der Waals surface area contributed by atoms with Crippen LogP contribution in [0.3, 0.4) is 0 Å². The van der Waals surface area contributed by atoms with Crippen LogP contribution in [0.15, 0.2) is 64.4 Å². The highest BCUT2D eigenvalue weighted by Gasteiger charge is 2.20. The lowest BCUT2D eigenvalue weighted by atomic mass is 10.1. The summed E-state index contributed by atoms with van der Waals surface area (Å²) < 4.78 is 35.9. The molecule has 0 atom stereocenters. The maximum Gasteiger partial charge on any atom is 0.513 e. The van der Waals surface area contributed by atoms with Crippen LogP contribution < -0.4 is 10.3 Å². The van der Waals surface area contributed by atoms with Gasteiger partial charge in [0.05, 0.1) is 22.6 Å². The summed E-state index contributed by atoms with van der Waals surface area (Å²) in [6.07, 6.45) is 0.446. The second-order valence-electron chi connectivity index (χ2n) is 6.59. The third kappa shape index (κ3) is 3.67. The number of aromatic nitrogens is 2. The van der Waals surface area contributed by atoms with Crippen molar-refractivity contribution in [2.45, 2.75) is 17.6 Å². The first-order valence-electron chi connectivity index (χ1n) is 9.17. The second kappa shape index (κ2) is 7.68. The van der Waals surface area contributed by atoms with Crippen LogP contribution in [0.1, 0.15) is 12.5 Å². The molecule has 0 unspecified atom stereocenters. The van der Waals surface area contributed by atoms with E-state index in [4.69, 9.17) is 9.47 Å². The van der Waals surface area contributed by atoms with Gasteiger partial charge in [-0.05, 0) is 30.7 Å². The molecule has 0 fully saturated rings. The van der Waals surface area contributed by atoms with Gasteiger partial charge in [0.15, 0.2) is 15.6 Å². The minimum Gasteiger partial charge on any atom is -0.434 e. The molecule has 4 rings (SSSR count). The zero-order valence-electron chi connectivity index (χ0n) is 16.0. The first kappa shape index (κ1) is 19.7. The van der Waals surface area contributed by atoms with Crippen molar-refractivity contribution in [1.82, 2.24) is 9.97 Å². The molecular weight excluding hydrogens is 408 g/mol. The minimum atomic E-state index is -3.65. The van der Waals surface area contributed by atoms with Crippen molar-refractivity contribution in [2.75, 3.05) is 6.61 Å². The van der Waals surface area contributed by atoms with Crippen LogP contribution in [0.25, 0.3) is 21.8 Å². The number of rotatable bonds is 5. The maximum atomic E-state index is 12.9. The molecule has 4 aromatic rings. The number of hydrogen-bond donors (Lipinski definition) is 2. The highest BCUT2D eigenvalue weighted by atomic mass is 32.2. The van der Waals surface area contributed by atoms with Gasteiger partial charge in [-0.25, -0.2) is 13.2 Å². The Bertz CT molecular complexity index is 1400. The summed E-state index contributed by atoms with van der Waals surface area (Å²) in [6, 6.07) is 13.3. The Hall–Kier alpha value is -3.59. The third-order valence-corrected chi connectivity index (χ3v) is 6.28. The minimum absolute atomic E-state index is 0.0807. The molecule has 2 aromatic carbocycles. The molecule has 0 bridgehead atoms. The Kier molecular flexibility index (Phi) is 5.04. The van der Waals surface area contributed by atoms with Gasteiger partial charge in [0.2, 0.25) is 0 Å². The van der Waals surface area contributed by atoms with E-state index in [2.05, 4.69) is 9.97 Å². The zero-order valence-corrected chi connectivity index (χ0v) is 16.8. The molecule has 8 nitrogen and oxygen atoms in total. The number of aromatic amines is 2. The number of pyridine rings is 1. The van der Waals surface area contributed by atoms with Gasteiger partial charge < -0.3 is 19.4 Å². The van der Waals surface area contributed by atoms with Gasteiger partial charge in [0.25, 0.3) is 5.56 Å². The fourth-order valence-corrected chi connectivity index (χ4v) is 4.63. The molecule has 2 heterocycles. The number of carbonyl (C=O) groups is 1. The fourth-order valence-electron chi connectivity index (χ4n) is 3.26. The number of nitrogens with one attached hydrogen (secondary N) is 2. The summed E-state index contributed by atoms with van der Waals surface area (Å²) in [5.74, 6) is -0.0808. The summed E-state index contributed by atoms with van der Waals surface area (Å²) in [4.78, 5) is 29.7. The van der Waals surface area contributed by atoms with Gasteiger partial charge in [-0.3, -0.25) is 4.79 Å². The molecule has 0 amide bonds. The van der Waals surface area contributed by atoms with Crippen molar-refractivity contribution in [1.29, 1.82) is 0 Å². The SMILES string of the molecule is CCOC(=O)Oc1c[nH]c2c(=O)[nH]c3ccc(S(=O)(=O)Cc4ccccc4)cc3c12. The van der Waals surface area contributed by atoms with E-state index in [1.807, 2.05) is 6.07 Å². The molecular formula is C21H18N2O6S. The summed E-state index contributed by atoms with van der Waals surface area (Å²) in [5.41, 5.74) is 0.826. The Morgan fingerprint density at radius 3 is 2.60 bits per heavy atom. The van der Waals surface area contributed by atoms with Crippen LogP contribution in [0.2, 0.25) is 0 Å². The molecule has 0 spiro atoms. The molecule has 2 aromatic heterocycles. The summed E-state index contributed by atoms with van der Waals surface area (Å²) in [7, 11) is -3.65. The lowest BCUT2D eigenvalue weighted by Gasteiger charge is -2.08. The molecule has 0 aliphatic rings. The molecule has 0 aliphatic carbocycles. The molecule has 0 saturated carbocycles. The van der Waals surface area contributed by atoms with Crippen molar-refractivity contribution in [2.24, 2.45) is 0 Å². The predicted molar refractivity (Wildman–Crippen MR) is 111 cm³/mol. The van der Waals surface area contributed by atoms with Crippen LogP contribution in [0, 0.1) is 0 Å². The Balaban J connectivity index is 1.86. The van der Waals surface area contributed by atoms with Crippen molar-refractivity contribution >= 4 is 37.8 Å². The highest BCUT2D eigenvalue weighted by molar-refractivity contribution is 7.90. The van der Waals surface area contributed by atoms with Crippen LogP contribution in [0.5, 0.6) is 5.75 Å². The number of hydrogen-bond acceptors (Lipinski definition) is 6. The predicted octanol–water partition coefficient (Wildman–Crippen LogP) is 3.52. The maximum absolute atomic E-state index is 12.9. The molecule has 0 saturated heterocycles.